The van der Waals surface area contributed by atoms with Crippen LogP contribution in [0.2, 0.25) is 0 Å². The van der Waals surface area contributed by atoms with Crippen LogP contribution in [0.15, 0.2) is 74.1 Å². The molecule has 0 saturated carbocycles. The minimum atomic E-state index is -1.71. The van der Waals surface area contributed by atoms with Gasteiger partial charge in [0.1, 0.15) is 84.5 Å². The Balaban J connectivity index is 0.000000243. The van der Waals surface area contributed by atoms with Gasteiger partial charge in [0.15, 0.2) is 41.7 Å². The normalized spacial score (nSPS) is 26.9. The summed E-state index contributed by atoms with van der Waals surface area (Å²) in [6.45, 7) is 19.6. The van der Waals surface area contributed by atoms with Gasteiger partial charge in [0, 0.05) is 86.2 Å². The van der Waals surface area contributed by atoms with Crippen LogP contribution in [0.5, 0.6) is 0 Å². The predicted octanol–water partition coefficient (Wildman–Crippen LogP) is -1.96. The summed E-state index contributed by atoms with van der Waals surface area (Å²) in [5.74, 6) is -1.27. The van der Waals surface area contributed by atoms with E-state index in [2.05, 4.69) is 110 Å². The number of nitrogens with zero attached hydrogens (tertiary/aromatic N) is 5. The fourth-order valence-electron chi connectivity index (χ4n) is 14.1. The molecule has 0 aliphatic carbocycles. The fraction of sp³-hybridized carbons (Fsp3) is 0.637. The molecule has 40 nitrogen and oxygen atoms in total. The highest BCUT2D eigenvalue weighted by molar-refractivity contribution is 7.73. The molecule has 10 rings (SSSR count). The van der Waals surface area contributed by atoms with E-state index in [1.54, 1.807) is 7.05 Å². The van der Waals surface area contributed by atoms with Crippen LogP contribution in [0.1, 0.15) is 125 Å². The topological polar surface area (TPSA) is 595 Å². The second-order valence-electron chi connectivity index (χ2n) is 35.9. The van der Waals surface area contributed by atoms with Gasteiger partial charge in [-0.05, 0) is 177 Å². The third-order valence-corrected chi connectivity index (χ3v) is 28.6. The van der Waals surface area contributed by atoms with E-state index in [1.165, 1.54) is 61.8 Å². The summed E-state index contributed by atoms with van der Waals surface area (Å²) in [7, 11) is 3.11. The Morgan fingerprint density at radius 1 is 0.397 bits per heavy atom. The average Bonchev–Trinajstić information content (AvgIpc) is 1.64. The van der Waals surface area contributed by atoms with Crippen molar-refractivity contribution in [1.82, 2.24) is 53.1 Å². The highest BCUT2D eigenvalue weighted by Gasteiger charge is 2.49. The number of aliphatic hydroxyl groups is 10. The number of ketones is 4. The van der Waals surface area contributed by atoms with Crippen LogP contribution >= 0.6 is 46.6 Å². The number of ether oxygens (including phenoxy) is 6. The van der Waals surface area contributed by atoms with Crippen molar-refractivity contribution in [1.29, 1.82) is 0 Å². The maximum absolute atomic E-state index is 12.3. The van der Waals surface area contributed by atoms with Gasteiger partial charge >= 0.3 is 22.8 Å². The molecule has 10 heterocycles. The van der Waals surface area contributed by atoms with Crippen molar-refractivity contribution < 1.29 is 98.7 Å². The van der Waals surface area contributed by atoms with Crippen molar-refractivity contribution in [3.05, 3.63) is 157 Å². The first-order valence-corrected chi connectivity index (χ1v) is 56.1. The minimum absolute atomic E-state index is 0.0417. The first-order valence-electron chi connectivity index (χ1n) is 40.4. The van der Waals surface area contributed by atoms with Gasteiger partial charge in [-0.25, -0.2) is 19.2 Å². The van der Waals surface area contributed by atoms with E-state index in [4.69, 9.17) is 40.6 Å². The number of aromatic amines is 5. The zero-order valence-electron chi connectivity index (χ0n) is 74.1. The van der Waals surface area contributed by atoms with Crippen LogP contribution in [0.3, 0.4) is 0 Å². The van der Waals surface area contributed by atoms with Crippen molar-refractivity contribution in [2.45, 2.75) is 214 Å². The molecule has 5 aliphatic rings. The van der Waals surface area contributed by atoms with Crippen molar-refractivity contribution in [2.75, 3.05) is 112 Å². The Labute approximate surface area is 732 Å². The molecule has 1 unspecified atom stereocenters. The molecule has 0 radical (unpaired) electrons. The van der Waals surface area contributed by atoms with Gasteiger partial charge in [-0.1, -0.05) is 0 Å². The lowest BCUT2D eigenvalue weighted by Crippen LogP contribution is -2.39. The predicted molar refractivity (Wildman–Crippen MR) is 494 cm³/mol. The number of rotatable bonds is 31. The zero-order chi connectivity index (χ0) is 95.4. The molecular formula is C80H128N11O29P5S. The molecular weight excluding hydrogens is 1770 g/mol. The lowest BCUT2D eigenvalue weighted by atomic mass is 10.1. The van der Waals surface area contributed by atoms with Gasteiger partial charge in [-0.15, -0.1) is 65.9 Å². The van der Waals surface area contributed by atoms with Crippen molar-refractivity contribution >= 4 is 101 Å². The van der Waals surface area contributed by atoms with Crippen LogP contribution in [-0.2, 0) is 73.4 Å². The van der Waals surface area contributed by atoms with Crippen LogP contribution in [0.25, 0.3) is 0 Å². The molecule has 0 spiro atoms. The quantitative estimate of drug-likeness (QED) is 0.0169. The van der Waals surface area contributed by atoms with Crippen LogP contribution in [0.4, 0.5) is 0 Å². The van der Waals surface area contributed by atoms with Crippen molar-refractivity contribution in [3.8, 4) is 0 Å². The van der Waals surface area contributed by atoms with E-state index in [-0.39, 0.29) is 70.2 Å². The highest BCUT2D eigenvalue weighted by atomic mass is 32.1. The number of aromatic nitrogens is 10. The lowest BCUT2D eigenvalue weighted by Gasteiger charge is -2.20. The average molecular weight is 1890 g/mol. The van der Waals surface area contributed by atoms with Crippen LogP contribution in [-0.4, -0.2) is 357 Å². The fourth-order valence-corrected chi connectivity index (χ4v) is 19.1. The molecule has 0 bridgehead atoms. The molecule has 0 amide bonds. The number of carbonyl (C=O) groups is 4. The van der Waals surface area contributed by atoms with Crippen molar-refractivity contribution in [2.24, 2.45) is 0 Å². The smallest absolute Gasteiger partial charge is 0.330 e. The molecule has 5 aromatic rings. The number of H-pyrrole nitrogens is 5. The van der Waals surface area contributed by atoms with Gasteiger partial charge in [0.05, 0.1) is 36.1 Å². The molecule has 5 aliphatic heterocycles. The summed E-state index contributed by atoms with van der Waals surface area (Å²) < 4.78 is 39.9. The molecule has 21 atom stereocenters. The number of hydrogen-bond acceptors (Lipinski definition) is 31. The number of nitrogens with one attached hydrogen (secondary N) is 6. The maximum Gasteiger partial charge on any atom is 0.330 e. The number of aliphatic hydroxyl groups excluding tert-OH is 10. The molecule has 46 heteroatoms. The third kappa shape index (κ3) is 30.5. The molecule has 0 aromatic carbocycles. The Morgan fingerprint density at radius 2 is 0.643 bits per heavy atom. The molecule has 708 valence electrons. The molecule has 126 heavy (non-hydrogen) atoms. The first kappa shape index (κ1) is 108. The first-order chi connectivity index (χ1) is 58.1. The minimum Gasteiger partial charge on any atom is -0.388 e. The van der Waals surface area contributed by atoms with Gasteiger partial charge in [0.25, 0.3) is 27.8 Å². The molecule has 5 saturated heterocycles. The second kappa shape index (κ2) is 45.4. The van der Waals surface area contributed by atoms with Gasteiger partial charge in [-0.2, -0.15) is 0 Å². The third-order valence-electron chi connectivity index (χ3n) is 20.9. The van der Waals surface area contributed by atoms with Gasteiger partial charge < -0.3 is 84.8 Å². The Morgan fingerprint density at radius 3 is 0.929 bits per heavy atom. The second-order valence-corrected chi connectivity index (χ2v) is 57.9. The summed E-state index contributed by atoms with van der Waals surface area (Å²) in [6, 6.07) is 0. The Hall–Kier alpha value is -6.68. The summed E-state index contributed by atoms with van der Waals surface area (Å²) in [6.07, 6.45) is 12.1. The van der Waals surface area contributed by atoms with E-state index in [0.29, 0.717) is 37.7 Å². The number of methoxy groups -OCH3 is 1. The standard InChI is InChI=1S/C17H27N2O6P.C16H25N2O7P.C16H25N2O6P.C16H25N2O5PS.C15H26N3O5P/c1-10(20)8-11-9-19(17(23)18-15(11)22)16-14(24-2)13(21)12(25-16)6-7-26(3,4)5;1-8(19)11(20)9-7-18(16(24)17-14(9)23)15-13(22)12(21)10(25-15)5-6-26(2,3)4;1-9(19)7-10-8-18(16(23)17-14(10)22)15-13(21)12(20)11(24-15)5-6-25(2,3)4;1-9(19)7-10-8-18(16(25)17-14(10)22)15-13(21)12(20)11(23-15)5-6-24(2,3)4;1-16-7-9-8-18(15(22)17-13(9)21)14-12(20)11(19)10(23-14)5-6-24(2,3)4/h9,12-14,16,21H,3,6-8H2,1-2,4-5H3,(H,18,22,23);7,10-13,15,20-22H,2,5-6H2,1,3-4H3,(H,17,23,24);8,11-13,15,20-21H,2,5-7H2,1,3-4H3,(H,17,22,23);8,11-13,15,20-21H,2,5-7H2,1,3-4H3,(H,17,22,25);8,10-12,14,16,19-20H,2,5-7H2,1,3-4H3,(H,17,21,22)/t12-,13-,14-,16-;10-,11?,12-,13-,15-;2*11-,12-,13-,15-;10-,11-,12-,14-/m11111/s1. The number of hydrogen-bond donors (Lipinski definition) is 16. The van der Waals surface area contributed by atoms with Gasteiger partial charge in [0.2, 0.25) is 0 Å². The van der Waals surface area contributed by atoms with E-state index in [0.717, 1.165) is 57.6 Å². The number of carbonyl (C=O) groups excluding carboxylic acids is 4. The molecule has 5 fully saturated rings. The van der Waals surface area contributed by atoms with E-state index >= 15 is 0 Å². The van der Waals surface area contributed by atoms with E-state index in [9.17, 15) is 113 Å². The summed E-state index contributed by atoms with van der Waals surface area (Å²) >= 11 is 5.15. The monoisotopic (exact) mass is 1890 g/mol. The van der Waals surface area contributed by atoms with Crippen LogP contribution < -0.4 is 55.9 Å². The van der Waals surface area contributed by atoms with E-state index < -0.39 is 220 Å². The number of Topliss-reactive ketones (excluding diaryl/α,β-unsaturated/α-hetero) is 4. The molecule has 5 aromatic heterocycles. The van der Waals surface area contributed by atoms with Crippen molar-refractivity contribution in [3.63, 3.8) is 0 Å². The molecule has 16 N–H and O–H groups in total. The van der Waals surface area contributed by atoms with Crippen LogP contribution in [0, 0.1) is 4.77 Å². The lowest BCUT2D eigenvalue weighted by molar-refractivity contribution is -0.125. The van der Waals surface area contributed by atoms with E-state index in [1.807, 2.05) is 18.3 Å². The largest absolute Gasteiger partial charge is 0.388 e. The zero-order valence-corrected chi connectivity index (χ0v) is 79.3. The summed E-state index contributed by atoms with van der Waals surface area (Å²) in [4.78, 5) is 164. The summed E-state index contributed by atoms with van der Waals surface area (Å²) in [5, 5.41) is 105. The van der Waals surface area contributed by atoms with Gasteiger partial charge in [-0.3, -0.25) is 90.9 Å². The SMILES string of the molecule is C=P(C)(C)CC[C@H]1O[C@@H](n2cc(C(O)C(C)=O)c(=O)[nH]c2=O)[C@H](O)[C@@H]1O.C=P(C)(C)CC[C@H]1O[C@@H](n2cc(CC(C)=O)c(=O)[nH]c2=O)[C@H](O)[C@@H]1O.C=P(C)(C)CC[C@H]1O[C@@H](n2cc(CC(C)=O)c(=O)[nH]c2=O)[C@H](OC)[C@@H]1O.C=P(C)(C)CC[C@H]1O[C@@H](n2cc(CC(C)=O)c(=O)[nH]c2=S)[C@H](O)[C@@H]1O.C=P(C)(C)CC[C@H]1O[C@@H](n2cc(CNC)c(=O)[nH]c2=O)[C@H](O)[C@@H]1O. The Kier molecular flexibility index (Phi) is 39.0. The summed E-state index contributed by atoms with van der Waals surface area (Å²) in [5.41, 5.74) is -5.57. The highest BCUT2D eigenvalue weighted by Crippen LogP contribution is 2.45. The maximum atomic E-state index is 12.3. The Bertz CT molecular complexity index is 5450.